The van der Waals surface area contributed by atoms with E-state index in [0.29, 0.717) is 0 Å². The molecule has 1 aromatic rings. The van der Waals surface area contributed by atoms with Gasteiger partial charge in [0.05, 0.1) is 0 Å². The Labute approximate surface area is 127 Å². The Morgan fingerprint density at radius 1 is 1.15 bits per heavy atom. The van der Waals surface area contributed by atoms with Crippen LogP contribution in [0.5, 0.6) is 0 Å². The van der Waals surface area contributed by atoms with E-state index in [2.05, 4.69) is 17.0 Å². The van der Waals surface area contributed by atoms with Gasteiger partial charge in [0.1, 0.15) is 0 Å². The summed E-state index contributed by atoms with van der Waals surface area (Å²) in [6.45, 7) is 2.42. The zero-order chi connectivity index (χ0) is 13.9. The SMILES string of the molecule is NC(CCN1CCC2CCCCC21)c1ccc(Cl)cc1. The van der Waals surface area contributed by atoms with Gasteiger partial charge in [0, 0.05) is 23.7 Å². The highest BCUT2D eigenvalue weighted by Crippen LogP contribution is 2.36. The van der Waals surface area contributed by atoms with Crippen LogP contribution in [0.25, 0.3) is 0 Å². The van der Waals surface area contributed by atoms with Crippen LogP contribution in [0.2, 0.25) is 5.02 Å². The molecule has 2 aliphatic rings. The number of fused-ring (bicyclic) bond motifs is 1. The third kappa shape index (κ3) is 3.19. The topological polar surface area (TPSA) is 29.3 Å². The van der Waals surface area contributed by atoms with E-state index in [1.54, 1.807) is 0 Å². The number of nitrogens with zero attached hydrogens (tertiary/aromatic N) is 1. The summed E-state index contributed by atoms with van der Waals surface area (Å²) in [5.74, 6) is 0.968. The largest absolute Gasteiger partial charge is 0.324 e. The fraction of sp³-hybridized carbons (Fsp3) is 0.647. The second kappa shape index (κ2) is 6.46. The molecule has 2 N–H and O–H groups in total. The smallest absolute Gasteiger partial charge is 0.0406 e. The van der Waals surface area contributed by atoms with Gasteiger partial charge >= 0.3 is 0 Å². The monoisotopic (exact) mass is 292 g/mol. The molecule has 1 saturated heterocycles. The first-order valence-corrected chi connectivity index (χ1v) is 8.37. The molecular formula is C17H25ClN2. The predicted molar refractivity (Wildman–Crippen MR) is 84.9 cm³/mol. The Hall–Kier alpha value is -0.570. The highest BCUT2D eigenvalue weighted by Gasteiger charge is 2.35. The number of rotatable bonds is 4. The summed E-state index contributed by atoms with van der Waals surface area (Å²) < 4.78 is 0. The van der Waals surface area contributed by atoms with Crippen molar-refractivity contribution in [1.29, 1.82) is 0 Å². The van der Waals surface area contributed by atoms with Crippen LogP contribution < -0.4 is 5.73 Å². The Balaban J connectivity index is 1.52. The van der Waals surface area contributed by atoms with Gasteiger partial charge in [-0.15, -0.1) is 0 Å². The van der Waals surface area contributed by atoms with E-state index in [1.165, 1.54) is 44.2 Å². The fourth-order valence-corrected chi connectivity index (χ4v) is 4.09. The minimum absolute atomic E-state index is 0.134. The van der Waals surface area contributed by atoms with Crippen molar-refractivity contribution in [2.24, 2.45) is 11.7 Å². The van der Waals surface area contributed by atoms with Gasteiger partial charge < -0.3 is 10.6 Å². The minimum atomic E-state index is 0.134. The Bertz CT molecular complexity index is 431. The number of nitrogens with two attached hydrogens (primary N) is 1. The average Bonchev–Trinajstić information content (AvgIpc) is 2.89. The third-order valence-corrected chi connectivity index (χ3v) is 5.40. The third-order valence-electron chi connectivity index (χ3n) is 5.15. The first-order chi connectivity index (χ1) is 9.74. The molecule has 2 nitrogen and oxygen atoms in total. The summed E-state index contributed by atoms with van der Waals surface area (Å²) in [6, 6.07) is 8.96. The van der Waals surface area contributed by atoms with Crippen molar-refractivity contribution in [2.75, 3.05) is 13.1 Å². The van der Waals surface area contributed by atoms with Gasteiger partial charge in [0.2, 0.25) is 0 Å². The van der Waals surface area contributed by atoms with Gasteiger partial charge in [0.15, 0.2) is 0 Å². The lowest BCUT2D eigenvalue weighted by Crippen LogP contribution is -2.36. The van der Waals surface area contributed by atoms with Crippen LogP contribution >= 0.6 is 11.6 Å². The predicted octanol–water partition coefficient (Wildman–Crippen LogP) is 3.99. The minimum Gasteiger partial charge on any atom is -0.324 e. The van der Waals surface area contributed by atoms with Crippen LogP contribution in [0, 0.1) is 5.92 Å². The molecule has 1 aromatic carbocycles. The summed E-state index contributed by atoms with van der Waals surface area (Å²) >= 11 is 5.92. The van der Waals surface area contributed by atoms with Crippen molar-refractivity contribution in [1.82, 2.24) is 4.90 Å². The van der Waals surface area contributed by atoms with Crippen molar-refractivity contribution in [2.45, 2.75) is 50.6 Å². The molecule has 110 valence electrons. The van der Waals surface area contributed by atoms with Gasteiger partial charge in [-0.1, -0.05) is 36.6 Å². The highest BCUT2D eigenvalue weighted by atomic mass is 35.5. The van der Waals surface area contributed by atoms with Crippen LogP contribution in [0.15, 0.2) is 24.3 Å². The molecule has 20 heavy (non-hydrogen) atoms. The molecule has 1 aliphatic carbocycles. The molecule has 0 spiro atoms. The summed E-state index contributed by atoms with van der Waals surface area (Å²) in [5.41, 5.74) is 7.52. The molecule has 0 radical (unpaired) electrons. The van der Waals surface area contributed by atoms with Gasteiger partial charge in [-0.3, -0.25) is 0 Å². The second-order valence-electron chi connectivity index (χ2n) is 6.38. The summed E-state index contributed by atoms with van der Waals surface area (Å²) in [4.78, 5) is 2.69. The van der Waals surface area contributed by atoms with E-state index in [4.69, 9.17) is 17.3 Å². The number of likely N-dealkylation sites (tertiary alicyclic amines) is 1. The quantitative estimate of drug-likeness (QED) is 0.909. The molecule has 1 heterocycles. The van der Waals surface area contributed by atoms with Gasteiger partial charge in [-0.25, -0.2) is 0 Å². The van der Waals surface area contributed by atoms with Crippen molar-refractivity contribution >= 4 is 11.6 Å². The maximum atomic E-state index is 6.32. The first-order valence-electron chi connectivity index (χ1n) is 7.99. The standard InChI is InChI=1S/C17H25ClN2/c18-15-7-5-13(6-8-15)16(19)10-12-20-11-9-14-3-1-2-4-17(14)20/h5-8,14,16-17H,1-4,9-12,19H2. The lowest BCUT2D eigenvalue weighted by Gasteiger charge is -2.32. The van der Waals surface area contributed by atoms with Gasteiger partial charge in [-0.2, -0.15) is 0 Å². The molecule has 2 fully saturated rings. The highest BCUT2D eigenvalue weighted by molar-refractivity contribution is 6.30. The fourth-order valence-electron chi connectivity index (χ4n) is 3.96. The van der Waals surface area contributed by atoms with Crippen LogP contribution in [-0.4, -0.2) is 24.0 Å². The van der Waals surface area contributed by atoms with Crippen molar-refractivity contribution < 1.29 is 0 Å². The van der Waals surface area contributed by atoms with E-state index in [9.17, 15) is 0 Å². The molecule has 0 bridgehead atoms. The van der Waals surface area contributed by atoms with E-state index in [1.807, 2.05) is 12.1 Å². The maximum Gasteiger partial charge on any atom is 0.0406 e. The van der Waals surface area contributed by atoms with E-state index in [-0.39, 0.29) is 6.04 Å². The lowest BCUT2D eigenvalue weighted by atomic mass is 9.85. The summed E-state index contributed by atoms with van der Waals surface area (Å²) in [6.07, 6.45) is 8.16. The molecule has 3 rings (SSSR count). The summed E-state index contributed by atoms with van der Waals surface area (Å²) in [5, 5.41) is 0.783. The number of benzene rings is 1. The Kier molecular flexibility index (Phi) is 4.65. The zero-order valence-corrected chi connectivity index (χ0v) is 12.9. The molecular weight excluding hydrogens is 268 g/mol. The summed E-state index contributed by atoms with van der Waals surface area (Å²) in [7, 11) is 0. The number of halogens is 1. The van der Waals surface area contributed by atoms with Crippen molar-refractivity contribution in [3.05, 3.63) is 34.9 Å². The van der Waals surface area contributed by atoms with E-state index >= 15 is 0 Å². The number of hydrogen-bond donors (Lipinski definition) is 1. The zero-order valence-electron chi connectivity index (χ0n) is 12.1. The molecule has 3 atom stereocenters. The molecule has 0 aromatic heterocycles. The molecule has 1 saturated carbocycles. The molecule has 3 unspecified atom stereocenters. The van der Waals surface area contributed by atoms with Crippen LogP contribution in [-0.2, 0) is 0 Å². The maximum absolute atomic E-state index is 6.32. The van der Waals surface area contributed by atoms with Crippen LogP contribution in [0.1, 0.15) is 50.1 Å². The van der Waals surface area contributed by atoms with Gasteiger partial charge in [0.25, 0.3) is 0 Å². The number of hydrogen-bond acceptors (Lipinski definition) is 2. The van der Waals surface area contributed by atoms with E-state index < -0.39 is 0 Å². The van der Waals surface area contributed by atoms with Gasteiger partial charge in [-0.05, 0) is 55.8 Å². The molecule has 1 aliphatic heterocycles. The first kappa shape index (κ1) is 14.4. The van der Waals surface area contributed by atoms with Crippen molar-refractivity contribution in [3.63, 3.8) is 0 Å². The molecule has 0 amide bonds. The second-order valence-corrected chi connectivity index (χ2v) is 6.82. The Morgan fingerprint density at radius 3 is 2.70 bits per heavy atom. The van der Waals surface area contributed by atoms with E-state index in [0.717, 1.165) is 29.9 Å². The molecule has 3 heteroatoms. The Morgan fingerprint density at radius 2 is 1.90 bits per heavy atom. The lowest BCUT2D eigenvalue weighted by molar-refractivity contribution is 0.178. The normalized spacial score (nSPS) is 28.3. The van der Waals surface area contributed by atoms with Crippen LogP contribution in [0.3, 0.4) is 0 Å². The van der Waals surface area contributed by atoms with Crippen LogP contribution in [0.4, 0.5) is 0 Å². The average molecular weight is 293 g/mol. The van der Waals surface area contributed by atoms with Crippen molar-refractivity contribution in [3.8, 4) is 0 Å².